The molecule has 1 atom stereocenters. The lowest BCUT2D eigenvalue weighted by molar-refractivity contribution is -0.128. The molecule has 27 heavy (non-hydrogen) atoms. The van der Waals surface area contributed by atoms with Crippen LogP contribution in [0.1, 0.15) is 23.8 Å². The van der Waals surface area contributed by atoms with Crippen molar-refractivity contribution in [1.29, 1.82) is 0 Å². The summed E-state index contributed by atoms with van der Waals surface area (Å²) >= 11 is 1.69. The van der Waals surface area contributed by atoms with Crippen LogP contribution in [-0.4, -0.2) is 33.7 Å². The van der Waals surface area contributed by atoms with Gasteiger partial charge in [-0.05, 0) is 36.1 Å². The number of carbonyl (C=O) groups excluding carboxylic acids is 1. The second-order valence-electron chi connectivity index (χ2n) is 6.49. The van der Waals surface area contributed by atoms with Crippen LogP contribution in [0, 0.1) is 5.82 Å². The number of thioether (sulfide) groups is 1. The van der Waals surface area contributed by atoms with Crippen molar-refractivity contribution in [2.45, 2.75) is 23.8 Å². The van der Waals surface area contributed by atoms with Crippen molar-refractivity contribution < 1.29 is 13.7 Å². The van der Waals surface area contributed by atoms with Gasteiger partial charge in [0, 0.05) is 30.0 Å². The van der Waals surface area contributed by atoms with Crippen LogP contribution < -0.4 is 0 Å². The summed E-state index contributed by atoms with van der Waals surface area (Å²) in [6.07, 6.45) is 2.37. The van der Waals surface area contributed by atoms with E-state index in [-0.39, 0.29) is 17.6 Å². The lowest BCUT2D eigenvalue weighted by Gasteiger charge is -2.16. The fraction of sp³-hybridized carbons (Fsp3) is 0.250. The molecule has 1 aliphatic heterocycles. The standard InChI is InChI=1S/C20H18FN3O2S/c1-27-17-7-5-13(6-8-17)11-24-12-15(10-18(24)25)20-22-19(23-26-20)14-3-2-4-16(21)9-14/h2-9,15H,10-12H2,1H3. The van der Waals surface area contributed by atoms with E-state index < -0.39 is 0 Å². The summed E-state index contributed by atoms with van der Waals surface area (Å²) in [5.74, 6) is 0.330. The topological polar surface area (TPSA) is 59.2 Å². The number of amides is 1. The van der Waals surface area contributed by atoms with Crippen LogP contribution in [-0.2, 0) is 11.3 Å². The molecule has 1 fully saturated rings. The summed E-state index contributed by atoms with van der Waals surface area (Å²) in [5, 5.41) is 3.94. The van der Waals surface area contributed by atoms with Gasteiger partial charge >= 0.3 is 0 Å². The highest BCUT2D eigenvalue weighted by Gasteiger charge is 2.34. The number of hydrogen-bond donors (Lipinski definition) is 0. The van der Waals surface area contributed by atoms with Gasteiger partial charge in [-0.3, -0.25) is 4.79 Å². The minimum Gasteiger partial charge on any atom is -0.339 e. The number of carbonyl (C=O) groups is 1. The van der Waals surface area contributed by atoms with Gasteiger partial charge in [-0.15, -0.1) is 11.8 Å². The number of hydrogen-bond acceptors (Lipinski definition) is 5. The van der Waals surface area contributed by atoms with Crippen LogP contribution in [0.5, 0.6) is 0 Å². The lowest BCUT2D eigenvalue weighted by Crippen LogP contribution is -2.24. The summed E-state index contributed by atoms with van der Waals surface area (Å²) in [6.45, 7) is 1.10. The van der Waals surface area contributed by atoms with E-state index in [1.807, 2.05) is 23.3 Å². The van der Waals surface area contributed by atoms with E-state index in [0.717, 1.165) is 5.56 Å². The molecule has 1 saturated heterocycles. The average molecular weight is 383 g/mol. The summed E-state index contributed by atoms with van der Waals surface area (Å²) in [4.78, 5) is 19.8. The number of likely N-dealkylation sites (tertiary alicyclic amines) is 1. The maximum absolute atomic E-state index is 13.4. The number of nitrogens with zero attached hydrogens (tertiary/aromatic N) is 3. The van der Waals surface area contributed by atoms with Gasteiger partial charge in [0.25, 0.3) is 0 Å². The van der Waals surface area contributed by atoms with Crippen molar-refractivity contribution in [3.8, 4) is 11.4 Å². The molecule has 1 aromatic heterocycles. The number of rotatable bonds is 5. The van der Waals surface area contributed by atoms with Crippen molar-refractivity contribution in [1.82, 2.24) is 15.0 Å². The normalized spacial score (nSPS) is 16.9. The van der Waals surface area contributed by atoms with Crippen LogP contribution in [0.15, 0.2) is 57.9 Å². The van der Waals surface area contributed by atoms with Crippen LogP contribution in [0.3, 0.4) is 0 Å². The van der Waals surface area contributed by atoms with E-state index in [1.54, 1.807) is 23.9 Å². The molecule has 7 heteroatoms. The Hall–Kier alpha value is -2.67. The van der Waals surface area contributed by atoms with E-state index in [9.17, 15) is 9.18 Å². The van der Waals surface area contributed by atoms with Gasteiger partial charge in [0.05, 0.1) is 5.92 Å². The first-order valence-corrected chi connectivity index (χ1v) is 9.85. The van der Waals surface area contributed by atoms with Crippen molar-refractivity contribution in [3.05, 3.63) is 65.8 Å². The van der Waals surface area contributed by atoms with E-state index in [1.165, 1.54) is 17.0 Å². The van der Waals surface area contributed by atoms with Crippen molar-refractivity contribution >= 4 is 17.7 Å². The largest absolute Gasteiger partial charge is 0.339 e. The predicted molar refractivity (Wildman–Crippen MR) is 101 cm³/mol. The first kappa shape index (κ1) is 17.7. The zero-order valence-electron chi connectivity index (χ0n) is 14.8. The molecular formula is C20H18FN3O2S. The van der Waals surface area contributed by atoms with Gasteiger partial charge in [-0.25, -0.2) is 4.39 Å². The minimum absolute atomic E-state index is 0.0689. The first-order valence-electron chi connectivity index (χ1n) is 8.62. The van der Waals surface area contributed by atoms with Crippen LogP contribution in [0.2, 0.25) is 0 Å². The quantitative estimate of drug-likeness (QED) is 0.621. The highest BCUT2D eigenvalue weighted by Crippen LogP contribution is 2.30. The second kappa shape index (κ2) is 7.52. The predicted octanol–water partition coefficient (Wildman–Crippen LogP) is 4.11. The Morgan fingerprint density at radius 2 is 2.07 bits per heavy atom. The van der Waals surface area contributed by atoms with E-state index in [2.05, 4.69) is 22.3 Å². The number of aromatic nitrogens is 2. The summed E-state index contributed by atoms with van der Waals surface area (Å²) < 4.78 is 18.7. The van der Waals surface area contributed by atoms with Gasteiger partial charge in [0.2, 0.25) is 17.6 Å². The Labute approximate surface area is 160 Å². The molecule has 1 unspecified atom stereocenters. The molecule has 4 rings (SSSR count). The number of halogens is 1. The number of benzene rings is 2. The summed E-state index contributed by atoms with van der Waals surface area (Å²) in [6, 6.07) is 14.2. The van der Waals surface area contributed by atoms with Crippen LogP contribution in [0.4, 0.5) is 4.39 Å². The third-order valence-electron chi connectivity index (χ3n) is 4.62. The highest BCUT2D eigenvalue weighted by molar-refractivity contribution is 7.98. The van der Waals surface area contributed by atoms with Gasteiger partial charge in [0.15, 0.2) is 0 Å². The molecule has 2 heterocycles. The zero-order valence-corrected chi connectivity index (χ0v) is 15.6. The van der Waals surface area contributed by atoms with Crippen molar-refractivity contribution in [3.63, 3.8) is 0 Å². The van der Waals surface area contributed by atoms with E-state index in [0.29, 0.717) is 36.8 Å². The van der Waals surface area contributed by atoms with Gasteiger partial charge < -0.3 is 9.42 Å². The molecule has 0 spiro atoms. The van der Waals surface area contributed by atoms with Crippen LogP contribution in [0.25, 0.3) is 11.4 Å². The van der Waals surface area contributed by atoms with Crippen molar-refractivity contribution in [2.24, 2.45) is 0 Å². The molecule has 0 N–H and O–H groups in total. The first-order chi connectivity index (χ1) is 13.1. The smallest absolute Gasteiger partial charge is 0.232 e. The fourth-order valence-electron chi connectivity index (χ4n) is 3.19. The maximum Gasteiger partial charge on any atom is 0.232 e. The molecule has 0 saturated carbocycles. The molecule has 2 aromatic carbocycles. The minimum atomic E-state index is -0.353. The molecule has 3 aromatic rings. The molecule has 138 valence electrons. The third-order valence-corrected chi connectivity index (χ3v) is 5.36. The van der Waals surface area contributed by atoms with Gasteiger partial charge in [-0.1, -0.05) is 29.4 Å². The molecule has 0 radical (unpaired) electrons. The van der Waals surface area contributed by atoms with Gasteiger partial charge in [0.1, 0.15) is 5.82 Å². The summed E-state index contributed by atoms with van der Waals surface area (Å²) in [5.41, 5.74) is 1.65. The molecule has 0 bridgehead atoms. The van der Waals surface area contributed by atoms with Gasteiger partial charge in [-0.2, -0.15) is 4.98 Å². The SMILES string of the molecule is CSc1ccc(CN2CC(c3nc(-c4cccc(F)c4)no3)CC2=O)cc1. The lowest BCUT2D eigenvalue weighted by atomic mass is 10.1. The Kier molecular flexibility index (Phi) is 4.94. The molecular weight excluding hydrogens is 365 g/mol. The molecule has 0 aliphatic carbocycles. The third kappa shape index (κ3) is 3.88. The molecule has 1 amide bonds. The highest BCUT2D eigenvalue weighted by atomic mass is 32.2. The second-order valence-corrected chi connectivity index (χ2v) is 7.37. The molecule has 5 nitrogen and oxygen atoms in total. The molecule has 1 aliphatic rings. The van der Waals surface area contributed by atoms with Crippen molar-refractivity contribution in [2.75, 3.05) is 12.8 Å². The summed E-state index contributed by atoms with van der Waals surface area (Å²) in [7, 11) is 0. The van der Waals surface area contributed by atoms with E-state index >= 15 is 0 Å². The monoisotopic (exact) mass is 383 g/mol. The average Bonchev–Trinajstić information content (AvgIpc) is 3.30. The van der Waals surface area contributed by atoms with Crippen LogP contribution >= 0.6 is 11.8 Å². The fourth-order valence-corrected chi connectivity index (χ4v) is 3.60. The Balaban J connectivity index is 1.46. The maximum atomic E-state index is 13.4. The Morgan fingerprint density at radius 3 is 2.81 bits per heavy atom. The van der Waals surface area contributed by atoms with E-state index in [4.69, 9.17) is 4.52 Å². The zero-order chi connectivity index (χ0) is 18.8. The Morgan fingerprint density at radius 1 is 1.26 bits per heavy atom. The Bertz CT molecular complexity index is 958.